The van der Waals surface area contributed by atoms with Crippen LogP contribution in [0.4, 0.5) is 0 Å². The van der Waals surface area contributed by atoms with Gasteiger partial charge in [0, 0.05) is 37.7 Å². The molecule has 1 aromatic heterocycles. The normalized spacial score (nSPS) is 14.4. The number of carbonyl (C=O) groups excluding carboxylic acids is 1. The van der Waals surface area contributed by atoms with Crippen molar-refractivity contribution in [2.45, 2.75) is 32.8 Å². The molecular formula is C24H25N3O3. The predicted molar refractivity (Wildman–Crippen MR) is 114 cm³/mol. The van der Waals surface area contributed by atoms with Crippen molar-refractivity contribution >= 4 is 5.91 Å². The summed E-state index contributed by atoms with van der Waals surface area (Å²) in [6.07, 6.45) is 1.56. The van der Waals surface area contributed by atoms with Gasteiger partial charge in [0.2, 0.25) is 5.88 Å². The maximum absolute atomic E-state index is 13.1. The lowest BCUT2D eigenvalue weighted by Gasteiger charge is -2.32. The van der Waals surface area contributed by atoms with Gasteiger partial charge in [0.25, 0.3) is 5.91 Å². The molecule has 4 rings (SSSR count). The van der Waals surface area contributed by atoms with Gasteiger partial charge >= 0.3 is 0 Å². The number of amides is 1. The van der Waals surface area contributed by atoms with E-state index in [9.17, 15) is 4.79 Å². The van der Waals surface area contributed by atoms with E-state index in [4.69, 9.17) is 9.47 Å². The third kappa shape index (κ3) is 4.76. The van der Waals surface area contributed by atoms with Crippen LogP contribution in [0, 0.1) is 13.8 Å². The number of para-hydroxylation sites is 2. The summed E-state index contributed by atoms with van der Waals surface area (Å²) in [6, 6.07) is 18.7. The molecule has 154 valence electrons. The van der Waals surface area contributed by atoms with Gasteiger partial charge in [0.15, 0.2) is 0 Å². The van der Waals surface area contributed by atoms with Crippen molar-refractivity contribution in [3.63, 3.8) is 0 Å². The summed E-state index contributed by atoms with van der Waals surface area (Å²) < 4.78 is 12.0. The number of piperidine rings is 1. The van der Waals surface area contributed by atoms with Gasteiger partial charge in [0.1, 0.15) is 23.4 Å². The van der Waals surface area contributed by atoms with Gasteiger partial charge in [-0.15, -0.1) is 0 Å². The predicted octanol–water partition coefficient (Wildman–Crippen LogP) is 4.57. The summed E-state index contributed by atoms with van der Waals surface area (Å²) in [5.41, 5.74) is 1.46. The minimum atomic E-state index is -0.0197. The fourth-order valence-electron chi connectivity index (χ4n) is 3.61. The van der Waals surface area contributed by atoms with Crippen molar-refractivity contribution in [1.29, 1.82) is 0 Å². The van der Waals surface area contributed by atoms with Gasteiger partial charge in [-0.1, -0.05) is 30.3 Å². The third-order valence-corrected chi connectivity index (χ3v) is 5.05. The molecule has 0 atom stereocenters. The number of carbonyl (C=O) groups is 1. The highest BCUT2D eigenvalue weighted by Crippen LogP contribution is 2.27. The number of hydrogen-bond donors (Lipinski definition) is 0. The van der Waals surface area contributed by atoms with Crippen LogP contribution >= 0.6 is 0 Å². The second-order valence-electron chi connectivity index (χ2n) is 7.42. The molecule has 0 spiro atoms. The van der Waals surface area contributed by atoms with Gasteiger partial charge in [-0.05, 0) is 38.1 Å². The second kappa shape index (κ2) is 8.95. The summed E-state index contributed by atoms with van der Waals surface area (Å²) in [4.78, 5) is 23.6. The summed E-state index contributed by atoms with van der Waals surface area (Å²) in [5, 5.41) is 0. The van der Waals surface area contributed by atoms with E-state index < -0.39 is 0 Å². The standard InChI is InChI=1S/C24H25N3O3/c1-17-16-23(26-18(2)25-17)30-20-12-14-27(15-13-20)24(28)21-10-6-7-11-22(21)29-19-8-4-3-5-9-19/h3-11,16,20H,12-15H2,1-2H3. The lowest BCUT2D eigenvalue weighted by atomic mass is 10.1. The van der Waals surface area contributed by atoms with Crippen LogP contribution in [0.3, 0.4) is 0 Å². The first kappa shape index (κ1) is 19.9. The van der Waals surface area contributed by atoms with Gasteiger partial charge in [-0.25, -0.2) is 4.98 Å². The molecule has 30 heavy (non-hydrogen) atoms. The van der Waals surface area contributed by atoms with E-state index >= 15 is 0 Å². The van der Waals surface area contributed by atoms with Crippen molar-refractivity contribution in [2.75, 3.05) is 13.1 Å². The van der Waals surface area contributed by atoms with Crippen molar-refractivity contribution in [3.8, 4) is 17.4 Å². The zero-order valence-electron chi connectivity index (χ0n) is 17.2. The fourth-order valence-corrected chi connectivity index (χ4v) is 3.61. The summed E-state index contributed by atoms with van der Waals surface area (Å²) in [5.74, 6) is 2.56. The Morgan fingerprint density at radius 1 is 0.967 bits per heavy atom. The zero-order chi connectivity index (χ0) is 20.9. The molecule has 0 bridgehead atoms. The average Bonchev–Trinajstić information content (AvgIpc) is 2.74. The van der Waals surface area contributed by atoms with E-state index in [1.165, 1.54) is 0 Å². The SMILES string of the molecule is Cc1cc(OC2CCN(C(=O)c3ccccc3Oc3ccccc3)CC2)nc(C)n1. The first-order chi connectivity index (χ1) is 14.6. The Morgan fingerprint density at radius 3 is 2.40 bits per heavy atom. The quantitative estimate of drug-likeness (QED) is 0.624. The highest BCUT2D eigenvalue weighted by Gasteiger charge is 2.26. The first-order valence-electron chi connectivity index (χ1n) is 10.2. The molecular weight excluding hydrogens is 378 g/mol. The van der Waals surface area contributed by atoms with Crippen LogP contribution in [0.1, 0.15) is 34.7 Å². The van der Waals surface area contributed by atoms with E-state index in [0.29, 0.717) is 41.9 Å². The molecule has 1 saturated heterocycles. The number of nitrogens with zero attached hydrogens (tertiary/aromatic N) is 3. The Morgan fingerprint density at radius 2 is 1.67 bits per heavy atom. The molecule has 0 N–H and O–H groups in total. The number of aromatic nitrogens is 2. The molecule has 6 nitrogen and oxygen atoms in total. The van der Waals surface area contributed by atoms with Crippen LogP contribution in [0.25, 0.3) is 0 Å². The van der Waals surface area contributed by atoms with Crippen LogP contribution in [0.15, 0.2) is 60.7 Å². The number of ether oxygens (including phenoxy) is 2. The number of benzene rings is 2. The maximum Gasteiger partial charge on any atom is 0.257 e. The molecule has 2 aromatic carbocycles. The van der Waals surface area contributed by atoms with Gasteiger partial charge in [0.05, 0.1) is 5.56 Å². The lowest BCUT2D eigenvalue weighted by Crippen LogP contribution is -2.42. The van der Waals surface area contributed by atoms with E-state index in [1.54, 1.807) is 0 Å². The Hall–Kier alpha value is -3.41. The summed E-state index contributed by atoms with van der Waals surface area (Å²) in [7, 11) is 0. The van der Waals surface area contributed by atoms with Crippen LogP contribution in [0.2, 0.25) is 0 Å². The van der Waals surface area contributed by atoms with Gasteiger partial charge in [-0.3, -0.25) is 4.79 Å². The zero-order valence-corrected chi connectivity index (χ0v) is 17.2. The van der Waals surface area contributed by atoms with E-state index in [1.807, 2.05) is 79.4 Å². The molecule has 1 aliphatic heterocycles. The number of rotatable bonds is 5. The molecule has 0 radical (unpaired) electrons. The van der Waals surface area contributed by atoms with E-state index in [2.05, 4.69) is 9.97 Å². The molecule has 0 saturated carbocycles. The Labute approximate surface area is 176 Å². The Kier molecular flexibility index (Phi) is 5.93. The summed E-state index contributed by atoms with van der Waals surface area (Å²) in [6.45, 7) is 5.05. The summed E-state index contributed by atoms with van der Waals surface area (Å²) >= 11 is 0. The largest absolute Gasteiger partial charge is 0.474 e. The van der Waals surface area contributed by atoms with Crippen LogP contribution in [-0.2, 0) is 0 Å². The van der Waals surface area contributed by atoms with Crippen molar-refractivity contribution in [1.82, 2.24) is 14.9 Å². The Bertz CT molecular complexity index is 995. The number of hydrogen-bond acceptors (Lipinski definition) is 5. The molecule has 0 unspecified atom stereocenters. The maximum atomic E-state index is 13.1. The minimum Gasteiger partial charge on any atom is -0.474 e. The van der Waals surface area contributed by atoms with E-state index in [-0.39, 0.29) is 12.0 Å². The minimum absolute atomic E-state index is 0.0197. The molecule has 2 heterocycles. The topological polar surface area (TPSA) is 64.5 Å². The average molecular weight is 403 g/mol. The van der Waals surface area contributed by atoms with Crippen LogP contribution < -0.4 is 9.47 Å². The molecule has 1 aliphatic rings. The number of likely N-dealkylation sites (tertiary alicyclic amines) is 1. The second-order valence-corrected chi connectivity index (χ2v) is 7.42. The highest BCUT2D eigenvalue weighted by atomic mass is 16.5. The van der Waals surface area contributed by atoms with Crippen LogP contribution in [-0.4, -0.2) is 40.0 Å². The smallest absolute Gasteiger partial charge is 0.257 e. The van der Waals surface area contributed by atoms with Crippen molar-refractivity contribution < 1.29 is 14.3 Å². The van der Waals surface area contributed by atoms with Crippen molar-refractivity contribution in [2.24, 2.45) is 0 Å². The molecule has 0 aliphatic carbocycles. The molecule has 1 amide bonds. The first-order valence-corrected chi connectivity index (χ1v) is 10.2. The number of aryl methyl sites for hydroxylation is 2. The van der Waals surface area contributed by atoms with Gasteiger partial charge in [-0.2, -0.15) is 4.98 Å². The van der Waals surface area contributed by atoms with Crippen LogP contribution in [0.5, 0.6) is 17.4 Å². The lowest BCUT2D eigenvalue weighted by molar-refractivity contribution is 0.0585. The molecule has 6 heteroatoms. The third-order valence-electron chi connectivity index (χ3n) is 5.05. The monoisotopic (exact) mass is 403 g/mol. The molecule has 1 fully saturated rings. The fraction of sp³-hybridized carbons (Fsp3) is 0.292. The highest BCUT2D eigenvalue weighted by molar-refractivity contribution is 5.97. The Balaban J connectivity index is 1.40. The van der Waals surface area contributed by atoms with Crippen molar-refractivity contribution in [3.05, 3.63) is 77.7 Å². The molecule has 3 aromatic rings. The van der Waals surface area contributed by atoms with Gasteiger partial charge < -0.3 is 14.4 Å². The van der Waals surface area contributed by atoms with E-state index in [0.717, 1.165) is 18.5 Å².